The molecule has 2 N–H and O–H groups in total. The second-order valence-corrected chi connectivity index (χ2v) is 6.61. The van der Waals surface area contributed by atoms with Crippen molar-refractivity contribution in [2.75, 3.05) is 6.54 Å². The lowest BCUT2D eigenvalue weighted by Crippen LogP contribution is -2.15. The maximum absolute atomic E-state index is 5.95. The minimum absolute atomic E-state index is 0.0740. The highest BCUT2D eigenvalue weighted by Crippen LogP contribution is 2.30. The molecule has 0 saturated heterocycles. The Kier molecular flexibility index (Phi) is 3.59. The van der Waals surface area contributed by atoms with E-state index in [4.69, 9.17) is 5.73 Å². The molecule has 0 aliphatic rings. The summed E-state index contributed by atoms with van der Waals surface area (Å²) < 4.78 is 1.97. The van der Waals surface area contributed by atoms with E-state index in [1.807, 2.05) is 11.7 Å². The second kappa shape index (κ2) is 4.86. The first-order valence-corrected chi connectivity index (χ1v) is 7.09. The summed E-state index contributed by atoms with van der Waals surface area (Å²) in [5.41, 5.74) is 8.34. The highest BCUT2D eigenvalue weighted by atomic mass is 32.1. The lowest BCUT2D eigenvalue weighted by atomic mass is 9.91. The largest absolute Gasteiger partial charge is 0.329 e. The highest BCUT2D eigenvalue weighted by Gasteiger charge is 2.23. The minimum atomic E-state index is 0.0740. The maximum atomic E-state index is 5.95. The van der Waals surface area contributed by atoms with E-state index in [9.17, 15) is 0 Å². The molecule has 0 fully saturated rings. The Hall–Kier alpha value is -1.13. The molecule has 2 aromatic rings. The average Bonchev–Trinajstić information content (AvgIpc) is 2.89. The van der Waals surface area contributed by atoms with Gasteiger partial charge in [0.05, 0.1) is 5.69 Å². The molecule has 4 heteroatoms. The fourth-order valence-corrected chi connectivity index (χ4v) is 2.90. The van der Waals surface area contributed by atoms with Crippen molar-refractivity contribution in [3.63, 3.8) is 0 Å². The molecule has 2 aromatic heterocycles. The third kappa shape index (κ3) is 2.49. The third-order valence-electron chi connectivity index (χ3n) is 3.16. The summed E-state index contributed by atoms with van der Waals surface area (Å²) >= 11 is 1.75. The van der Waals surface area contributed by atoms with Crippen molar-refractivity contribution in [2.45, 2.75) is 32.1 Å². The van der Waals surface area contributed by atoms with E-state index in [0.29, 0.717) is 6.54 Å². The first-order valence-electron chi connectivity index (χ1n) is 6.21. The van der Waals surface area contributed by atoms with Gasteiger partial charge in [0.1, 0.15) is 0 Å². The maximum Gasteiger partial charge on any atom is 0.0681 e. The summed E-state index contributed by atoms with van der Waals surface area (Å²) in [6, 6.07) is 6.41. The Labute approximate surface area is 113 Å². The Morgan fingerprint density at radius 3 is 2.61 bits per heavy atom. The molecule has 1 atom stereocenters. The van der Waals surface area contributed by atoms with Crippen molar-refractivity contribution in [3.05, 3.63) is 39.8 Å². The average molecular weight is 263 g/mol. The van der Waals surface area contributed by atoms with Gasteiger partial charge in [0, 0.05) is 35.5 Å². The Morgan fingerprint density at radius 1 is 1.44 bits per heavy atom. The van der Waals surface area contributed by atoms with Crippen LogP contribution in [0.5, 0.6) is 0 Å². The summed E-state index contributed by atoms with van der Waals surface area (Å²) in [4.78, 5) is 1.31. The van der Waals surface area contributed by atoms with Crippen LogP contribution >= 0.6 is 11.3 Å². The number of aromatic nitrogens is 2. The van der Waals surface area contributed by atoms with E-state index in [0.717, 1.165) is 5.69 Å². The molecular weight excluding hydrogens is 242 g/mol. The molecule has 0 amide bonds. The third-order valence-corrected chi connectivity index (χ3v) is 4.15. The van der Waals surface area contributed by atoms with Crippen LogP contribution in [0.4, 0.5) is 0 Å². The van der Waals surface area contributed by atoms with Crippen molar-refractivity contribution in [3.8, 4) is 0 Å². The zero-order valence-electron chi connectivity index (χ0n) is 11.5. The van der Waals surface area contributed by atoms with Gasteiger partial charge in [0.15, 0.2) is 0 Å². The van der Waals surface area contributed by atoms with Gasteiger partial charge in [-0.15, -0.1) is 11.3 Å². The van der Waals surface area contributed by atoms with Crippen LogP contribution in [0.3, 0.4) is 0 Å². The molecule has 98 valence electrons. The first-order chi connectivity index (χ1) is 8.43. The SMILES string of the molecule is Cn1nc(C(C)(C)C)cc1C(CN)c1cccs1. The van der Waals surface area contributed by atoms with Gasteiger partial charge in [-0.05, 0) is 17.5 Å². The number of hydrogen-bond acceptors (Lipinski definition) is 3. The summed E-state index contributed by atoms with van der Waals surface area (Å²) in [6.45, 7) is 7.16. The van der Waals surface area contributed by atoms with Crippen LogP contribution < -0.4 is 5.73 Å². The van der Waals surface area contributed by atoms with Gasteiger partial charge in [-0.1, -0.05) is 26.8 Å². The van der Waals surface area contributed by atoms with Gasteiger partial charge in [0.2, 0.25) is 0 Å². The molecule has 0 aromatic carbocycles. The fraction of sp³-hybridized carbons (Fsp3) is 0.500. The van der Waals surface area contributed by atoms with Gasteiger partial charge < -0.3 is 5.73 Å². The number of hydrogen-bond donors (Lipinski definition) is 1. The summed E-state index contributed by atoms with van der Waals surface area (Å²) in [5, 5.41) is 6.72. The van der Waals surface area contributed by atoms with E-state index in [2.05, 4.69) is 49.4 Å². The summed E-state index contributed by atoms with van der Waals surface area (Å²) in [6.07, 6.45) is 0. The quantitative estimate of drug-likeness (QED) is 0.925. The molecule has 0 aliphatic carbocycles. The molecule has 2 rings (SSSR count). The van der Waals surface area contributed by atoms with Gasteiger partial charge in [-0.3, -0.25) is 4.68 Å². The monoisotopic (exact) mass is 263 g/mol. The normalized spacial score (nSPS) is 13.8. The van der Waals surface area contributed by atoms with Crippen LogP contribution in [0.1, 0.15) is 43.0 Å². The van der Waals surface area contributed by atoms with Gasteiger partial charge in [0.25, 0.3) is 0 Å². The number of nitrogens with zero attached hydrogens (tertiary/aromatic N) is 2. The van der Waals surface area contributed by atoms with Crippen LogP contribution in [-0.2, 0) is 12.5 Å². The predicted molar refractivity (Wildman–Crippen MR) is 77.1 cm³/mol. The van der Waals surface area contributed by atoms with Crippen molar-refractivity contribution in [1.82, 2.24) is 9.78 Å². The molecule has 18 heavy (non-hydrogen) atoms. The smallest absolute Gasteiger partial charge is 0.0681 e. The molecular formula is C14H21N3S. The summed E-state index contributed by atoms with van der Waals surface area (Å²) in [7, 11) is 2.00. The fourth-order valence-electron chi connectivity index (χ4n) is 2.05. The van der Waals surface area contributed by atoms with Crippen LogP contribution in [0.2, 0.25) is 0 Å². The van der Waals surface area contributed by atoms with Crippen LogP contribution in [-0.4, -0.2) is 16.3 Å². The lowest BCUT2D eigenvalue weighted by molar-refractivity contribution is 0.550. The molecule has 0 spiro atoms. The standard InChI is InChI=1S/C14H21N3S/c1-14(2,3)13-8-11(17(4)16-13)10(9-15)12-6-5-7-18-12/h5-8,10H,9,15H2,1-4H3. The highest BCUT2D eigenvalue weighted by molar-refractivity contribution is 7.10. The van der Waals surface area contributed by atoms with Crippen molar-refractivity contribution < 1.29 is 0 Å². The van der Waals surface area contributed by atoms with E-state index in [1.165, 1.54) is 10.6 Å². The van der Waals surface area contributed by atoms with Gasteiger partial charge >= 0.3 is 0 Å². The van der Waals surface area contributed by atoms with Gasteiger partial charge in [-0.2, -0.15) is 5.10 Å². The number of rotatable bonds is 3. The Bertz CT molecular complexity index is 506. The molecule has 0 radical (unpaired) electrons. The molecule has 1 unspecified atom stereocenters. The van der Waals surface area contributed by atoms with E-state index in [1.54, 1.807) is 11.3 Å². The topological polar surface area (TPSA) is 43.8 Å². The zero-order chi connectivity index (χ0) is 13.3. The lowest BCUT2D eigenvalue weighted by Gasteiger charge is -2.14. The number of aryl methyl sites for hydroxylation is 1. The minimum Gasteiger partial charge on any atom is -0.329 e. The molecule has 0 saturated carbocycles. The van der Waals surface area contributed by atoms with Crippen molar-refractivity contribution in [2.24, 2.45) is 12.8 Å². The van der Waals surface area contributed by atoms with Crippen LogP contribution in [0.15, 0.2) is 23.6 Å². The zero-order valence-corrected chi connectivity index (χ0v) is 12.3. The van der Waals surface area contributed by atoms with E-state index < -0.39 is 0 Å². The summed E-state index contributed by atoms with van der Waals surface area (Å²) in [5.74, 6) is 0.249. The Morgan fingerprint density at radius 2 is 2.17 bits per heavy atom. The van der Waals surface area contributed by atoms with Crippen molar-refractivity contribution >= 4 is 11.3 Å². The molecule has 0 aliphatic heterocycles. The van der Waals surface area contributed by atoms with E-state index >= 15 is 0 Å². The molecule has 0 bridgehead atoms. The number of nitrogens with two attached hydrogens (primary N) is 1. The molecule has 2 heterocycles. The van der Waals surface area contributed by atoms with Crippen molar-refractivity contribution in [1.29, 1.82) is 0 Å². The van der Waals surface area contributed by atoms with E-state index in [-0.39, 0.29) is 11.3 Å². The first kappa shape index (κ1) is 13.3. The molecule has 3 nitrogen and oxygen atoms in total. The van der Waals surface area contributed by atoms with Crippen LogP contribution in [0, 0.1) is 0 Å². The number of thiophene rings is 1. The second-order valence-electron chi connectivity index (χ2n) is 5.63. The van der Waals surface area contributed by atoms with Crippen LogP contribution in [0.25, 0.3) is 0 Å². The van der Waals surface area contributed by atoms with Gasteiger partial charge in [-0.25, -0.2) is 0 Å². The Balaban J connectivity index is 2.41. The predicted octanol–water partition coefficient (Wildman–Crippen LogP) is 2.87.